The van der Waals surface area contributed by atoms with Gasteiger partial charge in [0.25, 0.3) is 0 Å². The summed E-state index contributed by atoms with van der Waals surface area (Å²) in [7, 11) is 0. The van der Waals surface area contributed by atoms with Crippen LogP contribution >= 0.6 is 12.2 Å². The summed E-state index contributed by atoms with van der Waals surface area (Å²) in [5, 5.41) is 6.59. The zero-order valence-electron chi connectivity index (χ0n) is 11.2. The highest BCUT2D eigenvalue weighted by atomic mass is 32.1. The van der Waals surface area contributed by atoms with Crippen molar-refractivity contribution in [3.8, 4) is 0 Å². The van der Waals surface area contributed by atoms with Gasteiger partial charge >= 0.3 is 0 Å². The number of nitrogens with one attached hydrogen (secondary N) is 3. The fraction of sp³-hybridized carbons (Fsp3) is 0.500. The minimum absolute atomic E-state index is 0.284. The van der Waals surface area contributed by atoms with Crippen molar-refractivity contribution < 1.29 is 9.29 Å². The van der Waals surface area contributed by atoms with Crippen molar-refractivity contribution in [2.45, 2.75) is 25.8 Å². The molecule has 2 rings (SSSR count). The van der Waals surface area contributed by atoms with Gasteiger partial charge in [0.05, 0.1) is 25.3 Å². The van der Waals surface area contributed by atoms with Gasteiger partial charge in [-0.15, -0.1) is 0 Å². The van der Waals surface area contributed by atoms with E-state index >= 15 is 0 Å². The predicted octanol–water partition coefficient (Wildman–Crippen LogP) is 1.18. The monoisotopic (exact) mass is 282 g/mol. The number of benzene rings is 1. The maximum atomic E-state index is 13.5. The molecule has 0 radical (unpaired) electrons. The molecular weight excluding hydrogens is 261 g/mol. The zero-order valence-corrected chi connectivity index (χ0v) is 12.0. The summed E-state index contributed by atoms with van der Waals surface area (Å²) < 4.78 is 13.5. The van der Waals surface area contributed by atoms with Crippen LogP contribution in [0.5, 0.6) is 0 Å². The highest BCUT2D eigenvalue weighted by Crippen LogP contribution is 2.11. The van der Waals surface area contributed by atoms with E-state index in [-0.39, 0.29) is 5.82 Å². The van der Waals surface area contributed by atoms with E-state index in [0.717, 1.165) is 13.1 Å². The van der Waals surface area contributed by atoms with Crippen molar-refractivity contribution in [3.05, 3.63) is 30.1 Å². The van der Waals surface area contributed by atoms with E-state index in [1.807, 2.05) is 0 Å². The van der Waals surface area contributed by atoms with Crippen molar-refractivity contribution in [1.82, 2.24) is 5.32 Å². The Morgan fingerprint density at radius 1 is 1.47 bits per heavy atom. The second-order valence-electron chi connectivity index (χ2n) is 4.92. The van der Waals surface area contributed by atoms with Gasteiger partial charge in [-0.25, -0.2) is 4.39 Å². The summed E-state index contributed by atoms with van der Waals surface area (Å²) in [6.07, 6.45) is 2.52. The molecule has 1 aromatic carbocycles. The number of halogens is 1. The molecular formula is C14H21FN3S+. The van der Waals surface area contributed by atoms with Crippen LogP contribution in [0.25, 0.3) is 0 Å². The summed E-state index contributed by atoms with van der Waals surface area (Å²) in [5.41, 5.74) is 0.422. The standard InChI is InChI=1S/C14H20FN3S/c1-2-18-9-5-6-11(18)10-16-14(19)17-13-8-4-3-7-12(13)15/h3-4,7-8,11H,2,5-6,9-10H2,1H3,(H2,16,17,19)/p+1/t11-/m1/s1. The first kappa shape index (κ1) is 14.2. The Hall–Kier alpha value is -1.20. The number of likely N-dealkylation sites (tertiary alicyclic amines) is 1. The molecule has 1 fully saturated rings. The maximum absolute atomic E-state index is 13.5. The molecule has 0 bridgehead atoms. The average Bonchev–Trinajstić information content (AvgIpc) is 2.86. The molecule has 1 unspecified atom stereocenters. The van der Waals surface area contributed by atoms with Crippen LogP contribution in [0, 0.1) is 5.82 Å². The Morgan fingerprint density at radius 3 is 3.00 bits per heavy atom. The first-order chi connectivity index (χ1) is 9.20. The van der Waals surface area contributed by atoms with Gasteiger partial charge in [-0.3, -0.25) is 0 Å². The van der Waals surface area contributed by atoms with Gasteiger partial charge in [0.15, 0.2) is 5.11 Å². The van der Waals surface area contributed by atoms with Crippen LogP contribution in [0.3, 0.4) is 0 Å². The number of quaternary nitrogens is 1. The van der Waals surface area contributed by atoms with Gasteiger partial charge in [-0.2, -0.15) is 0 Å². The molecule has 0 aromatic heterocycles. The van der Waals surface area contributed by atoms with Crippen LogP contribution in [0.1, 0.15) is 19.8 Å². The second kappa shape index (κ2) is 6.82. The normalized spacial score (nSPS) is 22.2. The first-order valence-corrected chi connectivity index (χ1v) is 7.25. The molecule has 2 atom stereocenters. The van der Waals surface area contributed by atoms with E-state index in [0.29, 0.717) is 16.8 Å². The summed E-state index contributed by atoms with van der Waals surface area (Å²) in [6, 6.07) is 7.17. The number of hydrogen-bond acceptors (Lipinski definition) is 1. The third kappa shape index (κ3) is 3.88. The van der Waals surface area contributed by atoms with Gasteiger partial charge in [0.1, 0.15) is 11.9 Å². The molecule has 19 heavy (non-hydrogen) atoms. The quantitative estimate of drug-likeness (QED) is 0.724. The third-order valence-corrected chi connectivity index (χ3v) is 3.96. The van der Waals surface area contributed by atoms with E-state index in [4.69, 9.17) is 12.2 Å². The van der Waals surface area contributed by atoms with Crippen LogP contribution in [0.2, 0.25) is 0 Å². The van der Waals surface area contributed by atoms with E-state index < -0.39 is 0 Å². The molecule has 0 aliphatic carbocycles. The highest BCUT2D eigenvalue weighted by molar-refractivity contribution is 7.80. The average molecular weight is 282 g/mol. The molecule has 1 aliphatic heterocycles. The van der Waals surface area contributed by atoms with Crippen molar-refractivity contribution in [1.29, 1.82) is 0 Å². The van der Waals surface area contributed by atoms with E-state index in [9.17, 15) is 4.39 Å². The van der Waals surface area contributed by atoms with Gasteiger partial charge in [0.2, 0.25) is 0 Å². The second-order valence-corrected chi connectivity index (χ2v) is 5.32. The summed E-state index contributed by atoms with van der Waals surface area (Å²) >= 11 is 5.21. The number of anilines is 1. The van der Waals surface area contributed by atoms with E-state index in [1.165, 1.54) is 25.5 Å². The van der Waals surface area contributed by atoms with Crippen LogP contribution in [0.15, 0.2) is 24.3 Å². The molecule has 3 N–H and O–H groups in total. The highest BCUT2D eigenvalue weighted by Gasteiger charge is 2.26. The minimum Gasteiger partial charge on any atom is -0.356 e. The molecule has 0 spiro atoms. The Bertz CT molecular complexity index is 438. The van der Waals surface area contributed by atoms with Gasteiger partial charge in [0, 0.05) is 12.8 Å². The van der Waals surface area contributed by atoms with Crippen molar-refractivity contribution in [2.75, 3.05) is 25.0 Å². The lowest BCUT2D eigenvalue weighted by atomic mass is 10.2. The molecule has 0 saturated carbocycles. The van der Waals surface area contributed by atoms with Crippen molar-refractivity contribution in [2.24, 2.45) is 0 Å². The summed E-state index contributed by atoms with van der Waals surface area (Å²) in [6.45, 7) is 5.46. The number of hydrogen-bond donors (Lipinski definition) is 3. The Balaban J connectivity index is 1.80. The van der Waals surface area contributed by atoms with Crippen molar-refractivity contribution >= 4 is 23.0 Å². The van der Waals surface area contributed by atoms with E-state index in [2.05, 4.69) is 17.6 Å². The number of thiocarbonyl (C=S) groups is 1. The summed E-state index contributed by atoms with van der Waals surface area (Å²) in [4.78, 5) is 1.63. The topological polar surface area (TPSA) is 28.5 Å². The molecule has 1 heterocycles. The SMILES string of the molecule is CC[NH+]1CCC[C@@H]1CNC(=S)Nc1ccccc1F. The number of likely N-dealkylation sites (N-methyl/N-ethyl adjacent to an activating group) is 1. The molecule has 5 heteroatoms. The van der Waals surface area contributed by atoms with Crippen molar-refractivity contribution in [3.63, 3.8) is 0 Å². The fourth-order valence-electron chi connectivity index (χ4n) is 2.64. The smallest absolute Gasteiger partial charge is 0.171 e. The fourth-order valence-corrected chi connectivity index (χ4v) is 2.83. The van der Waals surface area contributed by atoms with Crippen LogP contribution in [-0.4, -0.2) is 30.8 Å². The molecule has 104 valence electrons. The lowest BCUT2D eigenvalue weighted by Crippen LogP contribution is -3.14. The van der Waals surface area contributed by atoms with Gasteiger partial charge in [-0.05, 0) is 31.3 Å². The Kier molecular flexibility index (Phi) is 5.10. The molecule has 0 amide bonds. The Labute approximate surface area is 119 Å². The molecule has 1 saturated heterocycles. The maximum Gasteiger partial charge on any atom is 0.171 e. The lowest BCUT2D eigenvalue weighted by molar-refractivity contribution is -0.909. The van der Waals surface area contributed by atoms with Crippen LogP contribution in [-0.2, 0) is 0 Å². The minimum atomic E-state index is -0.284. The third-order valence-electron chi connectivity index (χ3n) is 3.71. The largest absolute Gasteiger partial charge is 0.356 e. The summed E-state index contributed by atoms with van der Waals surface area (Å²) in [5.74, 6) is -0.284. The predicted molar refractivity (Wildman–Crippen MR) is 80.0 cm³/mol. The van der Waals surface area contributed by atoms with Crippen LogP contribution < -0.4 is 15.5 Å². The lowest BCUT2D eigenvalue weighted by Gasteiger charge is -2.21. The van der Waals surface area contributed by atoms with Gasteiger partial charge in [-0.1, -0.05) is 12.1 Å². The molecule has 1 aliphatic rings. The van der Waals surface area contributed by atoms with Crippen LogP contribution in [0.4, 0.5) is 10.1 Å². The molecule has 1 aromatic rings. The Morgan fingerprint density at radius 2 is 2.26 bits per heavy atom. The first-order valence-electron chi connectivity index (χ1n) is 6.84. The van der Waals surface area contributed by atoms with E-state index in [1.54, 1.807) is 23.1 Å². The zero-order chi connectivity index (χ0) is 13.7. The number of rotatable bonds is 4. The molecule has 3 nitrogen and oxygen atoms in total. The van der Waals surface area contributed by atoms with Gasteiger partial charge < -0.3 is 15.5 Å². The number of para-hydroxylation sites is 1.